The maximum Gasteiger partial charge on any atom is 0.288 e. The summed E-state index contributed by atoms with van der Waals surface area (Å²) in [6.45, 7) is 5.22. The third-order valence-electron chi connectivity index (χ3n) is 2.87. The van der Waals surface area contributed by atoms with Crippen molar-refractivity contribution in [3.8, 4) is 11.5 Å². The molecule has 1 aromatic carbocycles. The standard InChI is InChI=1S/C16H16BrFN2O4/c1-16(2,3)24-19-14(15-12(21)5-4-6-20(15)23)9-7-10(17)11(18)8-13(9)22/h4-8,21-22H,1-3H3. The van der Waals surface area contributed by atoms with Crippen LogP contribution in [0.25, 0.3) is 0 Å². The molecule has 1 aromatic heterocycles. The normalized spacial score (nSPS) is 12.3. The predicted molar refractivity (Wildman–Crippen MR) is 89.3 cm³/mol. The third kappa shape index (κ3) is 3.94. The van der Waals surface area contributed by atoms with Gasteiger partial charge >= 0.3 is 0 Å². The summed E-state index contributed by atoms with van der Waals surface area (Å²) in [6, 6.07) is 4.78. The Balaban J connectivity index is 2.72. The summed E-state index contributed by atoms with van der Waals surface area (Å²) in [5, 5.41) is 36.1. The number of hydrogen-bond acceptors (Lipinski definition) is 5. The van der Waals surface area contributed by atoms with E-state index in [0.29, 0.717) is 4.73 Å². The van der Waals surface area contributed by atoms with Gasteiger partial charge in [0.05, 0.1) is 10.0 Å². The summed E-state index contributed by atoms with van der Waals surface area (Å²) in [7, 11) is 0. The number of hydrogen-bond donors (Lipinski definition) is 2. The summed E-state index contributed by atoms with van der Waals surface area (Å²) >= 11 is 3.02. The van der Waals surface area contributed by atoms with Crippen LogP contribution in [0.15, 0.2) is 40.1 Å². The third-order valence-corrected chi connectivity index (χ3v) is 3.48. The molecule has 2 N–H and O–H groups in total. The van der Waals surface area contributed by atoms with E-state index in [1.165, 1.54) is 18.2 Å². The number of pyridine rings is 1. The lowest BCUT2D eigenvalue weighted by Gasteiger charge is -2.17. The van der Waals surface area contributed by atoms with Crippen LogP contribution in [0.5, 0.6) is 11.5 Å². The summed E-state index contributed by atoms with van der Waals surface area (Å²) in [5.74, 6) is -1.49. The van der Waals surface area contributed by atoms with Crippen LogP contribution in [0, 0.1) is 11.0 Å². The molecule has 0 atom stereocenters. The maximum atomic E-state index is 13.6. The fourth-order valence-electron chi connectivity index (χ4n) is 1.83. The van der Waals surface area contributed by atoms with Crippen molar-refractivity contribution in [3.05, 3.63) is 57.2 Å². The van der Waals surface area contributed by atoms with Gasteiger partial charge in [0.2, 0.25) is 0 Å². The van der Waals surface area contributed by atoms with E-state index in [9.17, 15) is 19.8 Å². The Morgan fingerprint density at radius 3 is 2.54 bits per heavy atom. The molecule has 0 aliphatic rings. The van der Waals surface area contributed by atoms with Gasteiger partial charge in [0.1, 0.15) is 17.2 Å². The molecule has 0 aliphatic carbocycles. The minimum absolute atomic E-state index is 0.0265. The largest absolute Gasteiger partial charge is 0.618 e. The van der Waals surface area contributed by atoms with Crippen molar-refractivity contribution in [2.75, 3.05) is 0 Å². The molecule has 0 bridgehead atoms. The Morgan fingerprint density at radius 1 is 1.29 bits per heavy atom. The number of benzene rings is 1. The molecule has 24 heavy (non-hydrogen) atoms. The van der Waals surface area contributed by atoms with Gasteiger partial charge in [0.25, 0.3) is 5.69 Å². The van der Waals surface area contributed by atoms with Gasteiger partial charge in [-0.2, -0.15) is 4.73 Å². The molecule has 2 rings (SSSR count). The van der Waals surface area contributed by atoms with Crippen molar-refractivity contribution in [3.63, 3.8) is 0 Å². The average molecular weight is 399 g/mol. The number of halogens is 2. The molecule has 128 valence electrons. The highest BCUT2D eigenvalue weighted by atomic mass is 79.9. The molecular formula is C16H16BrFN2O4. The number of phenols is 1. The lowest BCUT2D eigenvalue weighted by atomic mass is 10.0. The monoisotopic (exact) mass is 398 g/mol. The van der Waals surface area contributed by atoms with E-state index in [-0.39, 0.29) is 27.2 Å². The topological polar surface area (TPSA) is 89.0 Å². The Bertz CT molecular complexity index is 783. The van der Waals surface area contributed by atoms with Gasteiger partial charge in [-0.15, -0.1) is 0 Å². The molecule has 8 heteroatoms. The van der Waals surface area contributed by atoms with Crippen molar-refractivity contribution in [1.82, 2.24) is 0 Å². The molecule has 0 unspecified atom stereocenters. The van der Waals surface area contributed by atoms with Gasteiger partial charge in [0, 0.05) is 12.1 Å². The van der Waals surface area contributed by atoms with E-state index in [2.05, 4.69) is 21.1 Å². The zero-order chi connectivity index (χ0) is 18.1. The Kier molecular flexibility index (Phi) is 4.98. The Hall–Kier alpha value is -2.35. The second-order valence-electron chi connectivity index (χ2n) is 5.99. The van der Waals surface area contributed by atoms with E-state index in [1.807, 2.05) is 0 Å². The number of nitrogens with zero attached hydrogens (tertiary/aromatic N) is 2. The van der Waals surface area contributed by atoms with Gasteiger partial charge in [-0.3, -0.25) is 0 Å². The first-order chi connectivity index (χ1) is 11.1. The number of rotatable bonds is 3. The van der Waals surface area contributed by atoms with Gasteiger partial charge in [-0.1, -0.05) is 5.16 Å². The summed E-state index contributed by atoms with van der Waals surface area (Å²) < 4.78 is 14.0. The van der Waals surface area contributed by atoms with Crippen LogP contribution in [-0.4, -0.2) is 21.5 Å². The highest BCUT2D eigenvalue weighted by molar-refractivity contribution is 9.10. The highest BCUT2D eigenvalue weighted by Crippen LogP contribution is 2.29. The van der Waals surface area contributed by atoms with E-state index >= 15 is 0 Å². The summed E-state index contributed by atoms with van der Waals surface area (Å²) in [5.41, 5.74) is -1.01. The Labute approximate surface area is 146 Å². The first-order valence-electron chi connectivity index (χ1n) is 6.96. The molecular weight excluding hydrogens is 383 g/mol. The number of aromatic nitrogens is 1. The van der Waals surface area contributed by atoms with Crippen molar-refractivity contribution < 1.29 is 24.2 Å². The predicted octanol–water partition coefficient (Wildman–Crippen LogP) is 3.20. The van der Waals surface area contributed by atoms with E-state index in [1.54, 1.807) is 20.8 Å². The van der Waals surface area contributed by atoms with Crippen LogP contribution in [0.4, 0.5) is 4.39 Å². The fraction of sp³-hybridized carbons (Fsp3) is 0.250. The maximum absolute atomic E-state index is 13.6. The van der Waals surface area contributed by atoms with Crippen LogP contribution < -0.4 is 4.73 Å². The Morgan fingerprint density at radius 2 is 1.96 bits per heavy atom. The minimum Gasteiger partial charge on any atom is -0.618 e. The molecule has 0 fully saturated rings. The first-order valence-corrected chi connectivity index (χ1v) is 7.75. The molecule has 0 spiro atoms. The first kappa shape index (κ1) is 18.0. The smallest absolute Gasteiger partial charge is 0.288 e. The van der Waals surface area contributed by atoms with Crippen LogP contribution in [0.2, 0.25) is 0 Å². The lowest BCUT2D eigenvalue weighted by molar-refractivity contribution is -0.607. The number of phenolic OH excluding ortho intramolecular Hbond substituents is 1. The van der Waals surface area contributed by atoms with E-state index in [0.717, 1.165) is 12.3 Å². The number of oxime groups is 1. The molecule has 0 saturated carbocycles. The average Bonchev–Trinajstić information content (AvgIpc) is 2.45. The second kappa shape index (κ2) is 6.64. The van der Waals surface area contributed by atoms with Gasteiger partial charge in [-0.25, -0.2) is 4.39 Å². The van der Waals surface area contributed by atoms with Crippen LogP contribution in [-0.2, 0) is 4.84 Å². The molecule has 6 nitrogen and oxygen atoms in total. The van der Waals surface area contributed by atoms with Gasteiger partial charge < -0.3 is 20.3 Å². The van der Waals surface area contributed by atoms with E-state index in [4.69, 9.17) is 4.84 Å². The van der Waals surface area contributed by atoms with Crippen molar-refractivity contribution in [1.29, 1.82) is 0 Å². The summed E-state index contributed by atoms with van der Waals surface area (Å²) in [4.78, 5) is 5.34. The highest BCUT2D eigenvalue weighted by Gasteiger charge is 2.26. The molecule has 1 heterocycles. The van der Waals surface area contributed by atoms with Crippen molar-refractivity contribution in [2.45, 2.75) is 26.4 Å². The molecule has 2 aromatic rings. The zero-order valence-corrected chi connectivity index (χ0v) is 14.8. The number of aromatic hydroxyl groups is 2. The zero-order valence-electron chi connectivity index (χ0n) is 13.2. The minimum atomic E-state index is -0.684. The van der Waals surface area contributed by atoms with Crippen LogP contribution in [0.1, 0.15) is 32.0 Å². The van der Waals surface area contributed by atoms with Crippen LogP contribution in [0.3, 0.4) is 0 Å². The van der Waals surface area contributed by atoms with Crippen LogP contribution >= 0.6 is 15.9 Å². The lowest BCUT2D eigenvalue weighted by Crippen LogP contribution is -2.35. The quantitative estimate of drug-likeness (QED) is 0.359. The van der Waals surface area contributed by atoms with Gasteiger partial charge in [0.15, 0.2) is 17.7 Å². The fourth-order valence-corrected chi connectivity index (χ4v) is 2.18. The molecule has 0 aliphatic heterocycles. The molecule has 0 radical (unpaired) electrons. The SMILES string of the molecule is CC(C)(C)ON=C(c1cc(Br)c(F)cc1O)c1c(O)ccc[n+]1[O-]. The molecule has 0 saturated heterocycles. The van der Waals surface area contributed by atoms with E-state index < -0.39 is 17.2 Å². The summed E-state index contributed by atoms with van der Waals surface area (Å²) in [6.07, 6.45) is 1.16. The van der Waals surface area contributed by atoms with Crippen molar-refractivity contribution in [2.24, 2.45) is 5.16 Å². The molecule has 0 amide bonds. The van der Waals surface area contributed by atoms with Gasteiger partial charge in [-0.05, 0) is 48.8 Å². The van der Waals surface area contributed by atoms with Crippen molar-refractivity contribution >= 4 is 21.6 Å². The second-order valence-corrected chi connectivity index (χ2v) is 6.85.